The van der Waals surface area contributed by atoms with E-state index in [9.17, 15) is 18.4 Å². The molecule has 2 aromatic rings. The Morgan fingerprint density at radius 2 is 2.12 bits per heavy atom. The molecule has 1 saturated heterocycles. The molecule has 2 unspecified atom stereocenters. The average Bonchev–Trinajstić information content (AvgIpc) is 3.20. The second-order valence-electron chi connectivity index (χ2n) is 5.65. The zero-order valence-corrected chi connectivity index (χ0v) is 14.1. The average molecular weight is 367 g/mol. The largest absolute Gasteiger partial charge is 0.416 e. The third-order valence-electron chi connectivity index (χ3n) is 3.86. The lowest BCUT2D eigenvalue weighted by Crippen LogP contribution is -2.32. The van der Waals surface area contributed by atoms with Crippen molar-refractivity contribution in [2.24, 2.45) is 0 Å². The molecule has 1 aromatic carbocycles. The number of nitrogens with one attached hydrogen (secondary N) is 3. The molecule has 1 aromatic heterocycles. The minimum Gasteiger partial charge on any atom is -0.239 e. The van der Waals surface area contributed by atoms with Gasteiger partial charge in [-0.2, -0.15) is 24.0 Å². The Morgan fingerprint density at radius 3 is 2.80 bits per heavy atom. The number of nitriles is 1. The molecule has 0 bridgehead atoms. The number of halogens is 3. The molecule has 3 rings (SSSR count). The van der Waals surface area contributed by atoms with Crippen molar-refractivity contribution in [1.29, 1.82) is 5.26 Å². The van der Waals surface area contributed by atoms with Crippen LogP contribution in [0, 0.1) is 11.3 Å². The number of alkyl halides is 3. The summed E-state index contributed by atoms with van der Waals surface area (Å²) in [5, 5.41) is 9.75. The molecule has 0 amide bonds. The summed E-state index contributed by atoms with van der Waals surface area (Å²) < 4.78 is 38.9. The Labute approximate surface area is 146 Å². The highest BCUT2D eigenvalue weighted by Crippen LogP contribution is 2.36. The highest BCUT2D eigenvalue weighted by Gasteiger charge is 2.33. The first-order valence-electron chi connectivity index (χ1n) is 7.77. The summed E-state index contributed by atoms with van der Waals surface area (Å²) in [6.45, 7) is 2.02. The van der Waals surface area contributed by atoms with E-state index in [0.717, 1.165) is 29.9 Å². The summed E-state index contributed by atoms with van der Waals surface area (Å²) in [6.07, 6.45) is -2.76. The maximum absolute atomic E-state index is 13.0. The van der Waals surface area contributed by atoms with Crippen LogP contribution in [0.5, 0.6) is 0 Å². The van der Waals surface area contributed by atoms with Crippen LogP contribution < -0.4 is 16.4 Å². The van der Waals surface area contributed by atoms with Crippen molar-refractivity contribution in [2.45, 2.75) is 38.0 Å². The molecule has 1 fully saturated rings. The minimum atomic E-state index is -4.39. The lowest BCUT2D eigenvalue weighted by Gasteiger charge is -2.11. The number of thiazole rings is 1. The lowest BCUT2D eigenvalue weighted by atomic mass is 10.1. The molecule has 2 atom stereocenters. The summed E-state index contributed by atoms with van der Waals surface area (Å²) in [4.78, 5) is 5.53. The van der Waals surface area contributed by atoms with Gasteiger partial charge in [0.1, 0.15) is 11.0 Å². The van der Waals surface area contributed by atoms with Crippen LogP contribution in [-0.4, -0.2) is 11.0 Å². The number of aryl methyl sites for hydroxylation is 1. The molecule has 1 aliphatic rings. The predicted molar refractivity (Wildman–Crippen MR) is 88.1 cm³/mol. The SMILES string of the molecule is CCCc1sc(-c2cccc(C(F)(F)F)c2)nc1C1NNNC1C#N. The van der Waals surface area contributed by atoms with Crippen LogP contribution >= 0.6 is 11.3 Å². The van der Waals surface area contributed by atoms with Crippen LogP contribution in [0.25, 0.3) is 10.6 Å². The third kappa shape index (κ3) is 3.67. The second-order valence-corrected chi connectivity index (χ2v) is 6.74. The number of hydrogen-bond donors (Lipinski definition) is 3. The molecule has 132 valence electrons. The molecule has 2 heterocycles. The molecule has 1 aliphatic heterocycles. The molecular formula is C16H16F3N5S. The van der Waals surface area contributed by atoms with E-state index in [0.29, 0.717) is 16.3 Å². The maximum Gasteiger partial charge on any atom is 0.416 e. The Kier molecular flexibility index (Phi) is 5.06. The van der Waals surface area contributed by atoms with Gasteiger partial charge in [-0.15, -0.1) is 11.3 Å². The molecule has 0 radical (unpaired) electrons. The molecule has 3 N–H and O–H groups in total. The molecule has 0 aliphatic carbocycles. The Bertz CT molecular complexity index is 796. The van der Waals surface area contributed by atoms with Gasteiger partial charge in [0, 0.05) is 10.4 Å². The van der Waals surface area contributed by atoms with Gasteiger partial charge in [-0.3, -0.25) is 0 Å². The van der Waals surface area contributed by atoms with Gasteiger partial charge in [-0.1, -0.05) is 25.5 Å². The first-order valence-corrected chi connectivity index (χ1v) is 8.58. The monoisotopic (exact) mass is 367 g/mol. The van der Waals surface area contributed by atoms with Gasteiger partial charge in [0.2, 0.25) is 0 Å². The van der Waals surface area contributed by atoms with E-state index in [1.807, 2.05) is 6.92 Å². The van der Waals surface area contributed by atoms with E-state index in [1.165, 1.54) is 17.4 Å². The Hall–Kier alpha value is -1.99. The summed E-state index contributed by atoms with van der Waals surface area (Å²) in [7, 11) is 0. The fourth-order valence-electron chi connectivity index (χ4n) is 2.66. The summed E-state index contributed by atoms with van der Waals surface area (Å²) in [5.41, 5.74) is 8.89. The van der Waals surface area contributed by atoms with Gasteiger partial charge < -0.3 is 0 Å². The zero-order valence-electron chi connectivity index (χ0n) is 13.3. The van der Waals surface area contributed by atoms with Crippen LogP contribution in [0.1, 0.15) is 35.5 Å². The number of aromatic nitrogens is 1. The standard InChI is InChI=1S/C16H16F3N5S/c1-2-4-12-14(13-11(8-20)22-24-23-13)21-15(25-12)9-5-3-6-10(7-9)16(17,18)19/h3,5-7,11,13,22-24H,2,4H2,1H3. The predicted octanol–water partition coefficient (Wildman–Crippen LogP) is 3.33. The van der Waals surface area contributed by atoms with Gasteiger partial charge in [0.15, 0.2) is 0 Å². The van der Waals surface area contributed by atoms with Gasteiger partial charge in [0.25, 0.3) is 0 Å². The lowest BCUT2D eigenvalue weighted by molar-refractivity contribution is -0.137. The zero-order chi connectivity index (χ0) is 18.0. The minimum absolute atomic E-state index is 0.359. The summed E-state index contributed by atoms with van der Waals surface area (Å²) >= 11 is 1.37. The van der Waals surface area contributed by atoms with Crippen molar-refractivity contribution in [3.05, 3.63) is 40.4 Å². The van der Waals surface area contributed by atoms with Crippen LogP contribution in [0.15, 0.2) is 24.3 Å². The van der Waals surface area contributed by atoms with E-state index >= 15 is 0 Å². The maximum atomic E-state index is 13.0. The Morgan fingerprint density at radius 1 is 1.32 bits per heavy atom. The van der Waals surface area contributed by atoms with Crippen LogP contribution in [-0.2, 0) is 12.6 Å². The van der Waals surface area contributed by atoms with Crippen LogP contribution in [0.3, 0.4) is 0 Å². The van der Waals surface area contributed by atoms with E-state index in [2.05, 4.69) is 27.4 Å². The fourth-order valence-corrected chi connectivity index (χ4v) is 3.87. The topological polar surface area (TPSA) is 72.8 Å². The summed E-state index contributed by atoms with van der Waals surface area (Å²) in [5.74, 6) is 0. The van der Waals surface area contributed by atoms with Crippen molar-refractivity contribution in [1.82, 2.24) is 21.4 Å². The summed E-state index contributed by atoms with van der Waals surface area (Å²) in [6, 6.07) is 6.43. The van der Waals surface area contributed by atoms with Crippen LogP contribution in [0.4, 0.5) is 13.2 Å². The van der Waals surface area contributed by atoms with Crippen LogP contribution in [0.2, 0.25) is 0 Å². The van der Waals surface area contributed by atoms with Crippen molar-refractivity contribution in [2.75, 3.05) is 0 Å². The number of hydrazine groups is 2. The highest BCUT2D eigenvalue weighted by atomic mass is 32.1. The van der Waals surface area contributed by atoms with Crippen molar-refractivity contribution in [3.8, 4) is 16.6 Å². The third-order valence-corrected chi connectivity index (χ3v) is 5.04. The van der Waals surface area contributed by atoms with E-state index in [1.54, 1.807) is 6.07 Å². The first-order chi connectivity index (χ1) is 11.9. The van der Waals surface area contributed by atoms with Crippen molar-refractivity contribution >= 4 is 11.3 Å². The van der Waals surface area contributed by atoms with Gasteiger partial charge >= 0.3 is 6.18 Å². The molecule has 5 nitrogen and oxygen atoms in total. The first kappa shape index (κ1) is 17.8. The van der Waals surface area contributed by atoms with E-state index in [4.69, 9.17) is 0 Å². The number of nitrogens with zero attached hydrogens (tertiary/aromatic N) is 2. The van der Waals surface area contributed by atoms with Gasteiger partial charge in [0.05, 0.1) is 23.4 Å². The van der Waals surface area contributed by atoms with Crippen molar-refractivity contribution < 1.29 is 13.2 Å². The van der Waals surface area contributed by atoms with Gasteiger partial charge in [-0.25, -0.2) is 15.8 Å². The Balaban J connectivity index is 2.01. The fraction of sp³-hybridized carbons (Fsp3) is 0.375. The molecule has 0 saturated carbocycles. The number of benzene rings is 1. The number of rotatable bonds is 4. The molecular weight excluding hydrogens is 351 g/mol. The van der Waals surface area contributed by atoms with Gasteiger partial charge in [-0.05, 0) is 18.6 Å². The van der Waals surface area contributed by atoms with E-state index < -0.39 is 17.8 Å². The van der Waals surface area contributed by atoms with Crippen molar-refractivity contribution in [3.63, 3.8) is 0 Å². The molecule has 0 spiro atoms. The normalized spacial score (nSPS) is 20.6. The molecule has 25 heavy (non-hydrogen) atoms. The van der Waals surface area contributed by atoms with E-state index in [-0.39, 0.29) is 6.04 Å². The molecule has 9 heteroatoms. The smallest absolute Gasteiger partial charge is 0.239 e. The highest BCUT2D eigenvalue weighted by molar-refractivity contribution is 7.15. The quantitative estimate of drug-likeness (QED) is 0.773. The number of hydrogen-bond acceptors (Lipinski definition) is 6. The second kappa shape index (κ2) is 7.09.